The monoisotopic (exact) mass is 359 g/mol. The van der Waals surface area contributed by atoms with Crippen molar-refractivity contribution in [1.82, 2.24) is 5.32 Å². The van der Waals surface area contributed by atoms with Crippen LogP contribution in [0.4, 0.5) is 0 Å². The Bertz CT molecular complexity index is 370. The summed E-state index contributed by atoms with van der Waals surface area (Å²) in [6.45, 7) is 9.47. The van der Waals surface area contributed by atoms with Gasteiger partial charge in [0.1, 0.15) is 12.4 Å². The maximum Gasteiger partial charge on any atom is 0.119 e. The lowest BCUT2D eigenvalue weighted by Crippen LogP contribution is -2.22. The van der Waals surface area contributed by atoms with E-state index in [4.69, 9.17) is 4.74 Å². The van der Waals surface area contributed by atoms with E-state index < -0.39 is 0 Å². The molecule has 0 saturated heterocycles. The normalized spacial score (nSPS) is 10.6. The van der Waals surface area contributed by atoms with Crippen LogP contribution in [0.25, 0.3) is 0 Å². The third-order valence-corrected chi connectivity index (χ3v) is 4.47. The fourth-order valence-electron chi connectivity index (χ4n) is 2.28. The molecule has 0 amide bonds. The average Bonchev–Trinajstić information content (AvgIpc) is 2.50. The molecule has 1 aromatic carbocycles. The van der Waals surface area contributed by atoms with Gasteiger partial charge in [0.25, 0.3) is 0 Å². The molecule has 0 bridgehead atoms. The first-order valence-electron chi connectivity index (χ1n) is 8.82. The summed E-state index contributed by atoms with van der Waals surface area (Å²) in [5.74, 6) is 0.967. The molecule has 0 unspecified atom stereocenters. The van der Waals surface area contributed by atoms with Crippen molar-refractivity contribution in [3.8, 4) is 5.75 Å². The summed E-state index contributed by atoms with van der Waals surface area (Å²) in [5.41, 5.74) is 0. The van der Waals surface area contributed by atoms with Gasteiger partial charge in [0.15, 0.2) is 0 Å². The molecule has 134 valence electrons. The van der Waals surface area contributed by atoms with E-state index in [1.54, 1.807) is 0 Å². The van der Waals surface area contributed by atoms with Gasteiger partial charge in [-0.1, -0.05) is 52.9 Å². The number of unbranched alkanes of at least 4 members (excludes halogenated alkanes) is 5. The van der Waals surface area contributed by atoms with Gasteiger partial charge in [-0.3, -0.25) is 0 Å². The van der Waals surface area contributed by atoms with Crippen LogP contribution in [0.1, 0.15) is 59.3 Å². The van der Waals surface area contributed by atoms with Gasteiger partial charge >= 0.3 is 0 Å². The summed E-state index contributed by atoms with van der Waals surface area (Å²) < 4.78 is 5.75. The third kappa shape index (κ3) is 12.7. The van der Waals surface area contributed by atoms with Crippen LogP contribution in [0, 0.1) is 0 Å². The number of benzene rings is 1. The second-order valence-electron chi connectivity index (χ2n) is 6.00. The van der Waals surface area contributed by atoms with Crippen LogP contribution < -0.4 is 10.1 Å². The Kier molecular flexibility index (Phi) is 14.9. The largest absolute Gasteiger partial charge is 0.492 e. The number of nitrogens with one attached hydrogen (secondary N) is 1. The predicted octanol–water partition coefficient (Wildman–Crippen LogP) is 5.94. The Morgan fingerprint density at radius 1 is 0.957 bits per heavy atom. The summed E-state index contributed by atoms with van der Waals surface area (Å²) in [5, 5.41) is 4.08. The minimum Gasteiger partial charge on any atom is -0.492 e. The van der Waals surface area contributed by atoms with Gasteiger partial charge in [-0.25, -0.2) is 0 Å². The van der Waals surface area contributed by atoms with E-state index in [0.717, 1.165) is 25.4 Å². The number of hydrogen-bond donors (Lipinski definition) is 1. The highest BCUT2D eigenvalue weighted by molar-refractivity contribution is 7.99. The first-order valence-corrected chi connectivity index (χ1v) is 9.70. The first kappa shape index (κ1) is 22.6. The Hall–Kier alpha value is -0.380. The average molecular weight is 360 g/mol. The predicted molar refractivity (Wildman–Crippen MR) is 106 cm³/mol. The van der Waals surface area contributed by atoms with Crippen LogP contribution in [0.2, 0.25) is 0 Å². The molecule has 0 heterocycles. The smallest absolute Gasteiger partial charge is 0.119 e. The SMILES string of the molecule is CCCCCCCCNCCOc1ccc(SC(C)C)cc1.Cl. The molecular formula is C19H34ClNOS. The second kappa shape index (κ2) is 15.2. The second-order valence-corrected chi connectivity index (χ2v) is 7.65. The van der Waals surface area contributed by atoms with Crippen molar-refractivity contribution in [1.29, 1.82) is 0 Å². The molecule has 0 aliphatic rings. The summed E-state index contributed by atoms with van der Waals surface area (Å²) in [6, 6.07) is 8.42. The van der Waals surface area contributed by atoms with Gasteiger partial charge < -0.3 is 10.1 Å². The molecule has 0 atom stereocenters. The van der Waals surface area contributed by atoms with Crippen molar-refractivity contribution in [3.05, 3.63) is 24.3 Å². The minimum absolute atomic E-state index is 0. The molecule has 1 aromatic rings. The van der Waals surface area contributed by atoms with Crippen molar-refractivity contribution < 1.29 is 4.74 Å². The summed E-state index contributed by atoms with van der Waals surface area (Å²) in [4.78, 5) is 1.31. The maximum atomic E-state index is 5.75. The van der Waals surface area contributed by atoms with Gasteiger partial charge in [-0.2, -0.15) is 0 Å². The van der Waals surface area contributed by atoms with E-state index in [-0.39, 0.29) is 12.4 Å². The van der Waals surface area contributed by atoms with Gasteiger partial charge in [0.2, 0.25) is 0 Å². The van der Waals surface area contributed by atoms with Crippen molar-refractivity contribution in [2.75, 3.05) is 19.7 Å². The lowest BCUT2D eigenvalue weighted by Gasteiger charge is -2.09. The van der Waals surface area contributed by atoms with Crippen LogP contribution in [0.3, 0.4) is 0 Å². The topological polar surface area (TPSA) is 21.3 Å². The summed E-state index contributed by atoms with van der Waals surface area (Å²) in [7, 11) is 0. The molecule has 0 spiro atoms. The molecule has 0 fully saturated rings. The first-order chi connectivity index (χ1) is 10.7. The number of halogens is 1. The molecule has 23 heavy (non-hydrogen) atoms. The van der Waals surface area contributed by atoms with Gasteiger partial charge in [0, 0.05) is 16.7 Å². The highest BCUT2D eigenvalue weighted by Gasteiger charge is 1.99. The minimum atomic E-state index is 0. The summed E-state index contributed by atoms with van der Waals surface area (Å²) >= 11 is 1.88. The van der Waals surface area contributed by atoms with E-state index in [9.17, 15) is 0 Å². The lowest BCUT2D eigenvalue weighted by molar-refractivity contribution is 0.313. The Morgan fingerprint density at radius 2 is 1.61 bits per heavy atom. The maximum absolute atomic E-state index is 5.75. The van der Waals surface area contributed by atoms with E-state index >= 15 is 0 Å². The number of rotatable bonds is 13. The van der Waals surface area contributed by atoms with Crippen LogP contribution >= 0.6 is 24.2 Å². The van der Waals surface area contributed by atoms with Gasteiger partial charge in [-0.05, 0) is 37.2 Å². The quantitative estimate of drug-likeness (QED) is 0.348. The zero-order valence-corrected chi connectivity index (χ0v) is 16.6. The number of ether oxygens (including phenoxy) is 1. The van der Waals surface area contributed by atoms with Crippen LogP contribution in [-0.4, -0.2) is 24.9 Å². The van der Waals surface area contributed by atoms with E-state index in [2.05, 4.69) is 50.4 Å². The van der Waals surface area contributed by atoms with E-state index in [1.165, 1.54) is 43.4 Å². The van der Waals surface area contributed by atoms with Crippen LogP contribution in [-0.2, 0) is 0 Å². The highest BCUT2D eigenvalue weighted by Crippen LogP contribution is 2.24. The number of thioether (sulfide) groups is 1. The molecule has 4 heteroatoms. The highest BCUT2D eigenvalue weighted by atomic mass is 35.5. The molecule has 0 saturated carbocycles. The fourth-order valence-corrected chi connectivity index (χ4v) is 3.12. The number of hydrogen-bond acceptors (Lipinski definition) is 3. The molecule has 1 N–H and O–H groups in total. The molecule has 0 aliphatic heterocycles. The third-order valence-electron chi connectivity index (χ3n) is 3.45. The van der Waals surface area contributed by atoms with Crippen molar-refractivity contribution >= 4 is 24.2 Å². The lowest BCUT2D eigenvalue weighted by atomic mass is 10.1. The molecular weight excluding hydrogens is 326 g/mol. The van der Waals surface area contributed by atoms with Gasteiger partial charge in [-0.15, -0.1) is 24.2 Å². The Labute approximate surface area is 153 Å². The Morgan fingerprint density at radius 3 is 2.26 bits per heavy atom. The molecule has 0 aliphatic carbocycles. The molecule has 2 nitrogen and oxygen atoms in total. The van der Waals surface area contributed by atoms with Gasteiger partial charge in [0.05, 0.1) is 0 Å². The van der Waals surface area contributed by atoms with Crippen LogP contribution in [0.15, 0.2) is 29.2 Å². The van der Waals surface area contributed by atoms with E-state index in [0.29, 0.717) is 5.25 Å². The van der Waals surface area contributed by atoms with Crippen LogP contribution in [0.5, 0.6) is 5.75 Å². The molecule has 0 radical (unpaired) electrons. The molecule has 0 aromatic heterocycles. The van der Waals surface area contributed by atoms with Crippen molar-refractivity contribution in [2.24, 2.45) is 0 Å². The Balaban J connectivity index is 0.00000484. The van der Waals surface area contributed by atoms with Crippen molar-refractivity contribution in [2.45, 2.75) is 69.4 Å². The summed E-state index contributed by atoms with van der Waals surface area (Å²) in [6.07, 6.45) is 8.12. The molecule has 1 rings (SSSR count). The van der Waals surface area contributed by atoms with E-state index in [1.807, 2.05) is 11.8 Å². The van der Waals surface area contributed by atoms with Crippen molar-refractivity contribution in [3.63, 3.8) is 0 Å². The zero-order chi connectivity index (χ0) is 16.0. The standard InChI is InChI=1S/C19H33NOS.ClH/c1-4-5-6-7-8-9-14-20-15-16-21-18-10-12-19(13-11-18)22-17(2)3;/h10-13,17,20H,4-9,14-16H2,1-3H3;1H. The fraction of sp³-hybridized carbons (Fsp3) is 0.684. The zero-order valence-electron chi connectivity index (χ0n) is 15.0.